The minimum Gasteiger partial charge on any atom is -0.386 e. The summed E-state index contributed by atoms with van der Waals surface area (Å²) >= 11 is 0. The Bertz CT molecular complexity index is 456. The minimum atomic E-state index is -0.851. The van der Waals surface area contributed by atoms with Crippen LogP contribution in [0.3, 0.4) is 0 Å². The van der Waals surface area contributed by atoms with Crippen LogP contribution in [-0.2, 0) is 5.60 Å². The quantitative estimate of drug-likeness (QED) is 0.809. The molecule has 1 N–H and O–H groups in total. The Labute approximate surface area is 109 Å². The van der Waals surface area contributed by atoms with Gasteiger partial charge in [0.05, 0.1) is 5.60 Å². The lowest BCUT2D eigenvalue weighted by molar-refractivity contribution is 0.0782. The van der Waals surface area contributed by atoms with Gasteiger partial charge < -0.3 is 5.11 Å². The summed E-state index contributed by atoms with van der Waals surface area (Å²) in [4.78, 5) is 4.14. The SMILES string of the molecule is CC(C)(O)c1cncc(C#CCC2CCCC2)c1. The van der Waals surface area contributed by atoms with Crippen LogP contribution in [0.25, 0.3) is 0 Å². The van der Waals surface area contributed by atoms with Crippen molar-refractivity contribution in [1.29, 1.82) is 0 Å². The molecule has 96 valence electrons. The van der Waals surface area contributed by atoms with Crippen LogP contribution in [-0.4, -0.2) is 10.1 Å². The zero-order valence-corrected chi connectivity index (χ0v) is 11.2. The summed E-state index contributed by atoms with van der Waals surface area (Å²) in [6, 6.07) is 1.93. The Kier molecular flexibility index (Phi) is 4.04. The van der Waals surface area contributed by atoms with Crippen LogP contribution in [0, 0.1) is 17.8 Å². The van der Waals surface area contributed by atoms with Crippen molar-refractivity contribution >= 4 is 0 Å². The Morgan fingerprint density at radius 3 is 2.72 bits per heavy atom. The fraction of sp³-hybridized carbons (Fsp3) is 0.562. The van der Waals surface area contributed by atoms with E-state index in [2.05, 4.69) is 16.8 Å². The molecule has 0 unspecified atom stereocenters. The lowest BCUT2D eigenvalue weighted by Crippen LogP contribution is -2.15. The van der Waals surface area contributed by atoms with E-state index in [4.69, 9.17) is 0 Å². The molecule has 2 nitrogen and oxygen atoms in total. The lowest BCUT2D eigenvalue weighted by Gasteiger charge is -2.16. The Morgan fingerprint density at radius 2 is 2.06 bits per heavy atom. The highest BCUT2D eigenvalue weighted by molar-refractivity contribution is 5.35. The molecule has 0 saturated heterocycles. The van der Waals surface area contributed by atoms with Crippen molar-refractivity contribution in [3.05, 3.63) is 29.6 Å². The summed E-state index contributed by atoms with van der Waals surface area (Å²) in [5, 5.41) is 9.92. The van der Waals surface area contributed by atoms with Crippen LogP contribution in [0.4, 0.5) is 0 Å². The second-order valence-corrected chi connectivity index (χ2v) is 5.68. The van der Waals surface area contributed by atoms with Crippen LogP contribution < -0.4 is 0 Å². The number of hydrogen-bond donors (Lipinski definition) is 1. The molecule has 0 spiro atoms. The molecule has 1 fully saturated rings. The van der Waals surface area contributed by atoms with E-state index in [-0.39, 0.29) is 0 Å². The molecule has 0 amide bonds. The highest BCUT2D eigenvalue weighted by Gasteiger charge is 2.16. The Hall–Kier alpha value is -1.33. The normalized spacial score (nSPS) is 16.4. The highest BCUT2D eigenvalue weighted by Crippen LogP contribution is 2.27. The van der Waals surface area contributed by atoms with Gasteiger partial charge in [0.2, 0.25) is 0 Å². The van der Waals surface area contributed by atoms with Crippen molar-refractivity contribution in [2.24, 2.45) is 5.92 Å². The molecule has 1 aromatic heterocycles. The maximum Gasteiger partial charge on any atom is 0.0855 e. The summed E-state index contributed by atoms with van der Waals surface area (Å²) < 4.78 is 0. The van der Waals surface area contributed by atoms with Gasteiger partial charge in [-0.05, 0) is 38.7 Å². The maximum absolute atomic E-state index is 9.92. The monoisotopic (exact) mass is 243 g/mol. The predicted octanol–water partition coefficient (Wildman–Crippen LogP) is 3.24. The molecule has 0 aliphatic heterocycles. The van der Waals surface area contributed by atoms with E-state index in [1.807, 2.05) is 6.07 Å². The van der Waals surface area contributed by atoms with Gasteiger partial charge in [-0.1, -0.05) is 24.7 Å². The predicted molar refractivity (Wildman–Crippen MR) is 72.9 cm³/mol. The van der Waals surface area contributed by atoms with Gasteiger partial charge in [-0.15, -0.1) is 0 Å². The molecule has 18 heavy (non-hydrogen) atoms. The Balaban J connectivity index is 2.03. The first-order valence-corrected chi connectivity index (χ1v) is 6.72. The van der Waals surface area contributed by atoms with Gasteiger partial charge in [-0.2, -0.15) is 0 Å². The molecule has 2 heteroatoms. The van der Waals surface area contributed by atoms with Gasteiger partial charge in [0, 0.05) is 29.9 Å². The fourth-order valence-electron chi connectivity index (χ4n) is 2.35. The number of hydrogen-bond acceptors (Lipinski definition) is 2. The van der Waals surface area contributed by atoms with Crippen LogP contribution in [0.1, 0.15) is 57.1 Å². The van der Waals surface area contributed by atoms with E-state index in [0.717, 1.165) is 23.5 Å². The molecule has 0 aromatic carbocycles. The van der Waals surface area contributed by atoms with Crippen molar-refractivity contribution in [3.8, 4) is 11.8 Å². The smallest absolute Gasteiger partial charge is 0.0855 e. The van der Waals surface area contributed by atoms with Gasteiger partial charge in [-0.25, -0.2) is 0 Å². The first-order valence-electron chi connectivity index (χ1n) is 6.72. The topological polar surface area (TPSA) is 33.1 Å². The number of aliphatic hydroxyl groups is 1. The molecule has 1 aliphatic rings. The second kappa shape index (κ2) is 5.54. The molecular weight excluding hydrogens is 222 g/mol. The first kappa shape index (κ1) is 13.1. The van der Waals surface area contributed by atoms with E-state index in [1.54, 1.807) is 26.2 Å². The largest absolute Gasteiger partial charge is 0.386 e. The summed E-state index contributed by atoms with van der Waals surface area (Å²) in [7, 11) is 0. The summed E-state index contributed by atoms with van der Waals surface area (Å²) in [5.41, 5.74) is 0.860. The summed E-state index contributed by atoms with van der Waals surface area (Å²) in [6.45, 7) is 3.53. The molecule has 0 bridgehead atoms. The molecule has 2 rings (SSSR count). The maximum atomic E-state index is 9.92. The van der Waals surface area contributed by atoms with E-state index >= 15 is 0 Å². The number of aromatic nitrogens is 1. The third-order valence-electron chi connectivity index (χ3n) is 3.54. The third kappa shape index (κ3) is 3.58. The van der Waals surface area contributed by atoms with Gasteiger partial charge in [0.1, 0.15) is 0 Å². The van der Waals surface area contributed by atoms with Crippen molar-refractivity contribution in [3.63, 3.8) is 0 Å². The van der Waals surface area contributed by atoms with Gasteiger partial charge >= 0.3 is 0 Å². The standard InChI is InChI=1S/C16H21NO/c1-16(2,18)15-10-14(11-17-12-15)9-5-8-13-6-3-4-7-13/h10-13,18H,3-4,6-8H2,1-2H3. The fourth-order valence-corrected chi connectivity index (χ4v) is 2.35. The van der Waals surface area contributed by atoms with Crippen LogP contribution in [0.2, 0.25) is 0 Å². The average Bonchev–Trinajstić information content (AvgIpc) is 2.81. The molecule has 1 aliphatic carbocycles. The molecule has 1 heterocycles. The number of nitrogens with zero attached hydrogens (tertiary/aromatic N) is 1. The van der Waals surface area contributed by atoms with Crippen LogP contribution >= 0.6 is 0 Å². The van der Waals surface area contributed by atoms with E-state index < -0.39 is 5.60 Å². The zero-order chi connectivity index (χ0) is 13.0. The molecular formula is C16H21NO. The second-order valence-electron chi connectivity index (χ2n) is 5.68. The number of pyridine rings is 1. The zero-order valence-electron chi connectivity index (χ0n) is 11.2. The van der Waals surface area contributed by atoms with Gasteiger partial charge in [0.25, 0.3) is 0 Å². The van der Waals surface area contributed by atoms with Crippen molar-refractivity contribution in [2.45, 2.75) is 51.6 Å². The number of rotatable bonds is 2. The molecule has 1 aromatic rings. The third-order valence-corrected chi connectivity index (χ3v) is 3.54. The molecule has 0 radical (unpaired) electrons. The Morgan fingerprint density at radius 1 is 1.33 bits per heavy atom. The average molecular weight is 243 g/mol. The molecule has 1 saturated carbocycles. The summed E-state index contributed by atoms with van der Waals surface area (Å²) in [5.74, 6) is 7.21. The van der Waals surface area contributed by atoms with Crippen LogP contribution in [0.15, 0.2) is 18.5 Å². The lowest BCUT2D eigenvalue weighted by atomic mass is 9.99. The van der Waals surface area contributed by atoms with E-state index in [1.165, 1.54) is 25.7 Å². The van der Waals surface area contributed by atoms with Gasteiger partial charge in [-0.3, -0.25) is 4.98 Å². The van der Waals surface area contributed by atoms with E-state index in [0.29, 0.717) is 0 Å². The van der Waals surface area contributed by atoms with Crippen molar-refractivity contribution in [1.82, 2.24) is 4.98 Å². The van der Waals surface area contributed by atoms with E-state index in [9.17, 15) is 5.11 Å². The minimum absolute atomic E-state index is 0.794. The summed E-state index contributed by atoms with van der Waals surface area (Å²) in [6.07, 6.45) is 9.84. The highest BCUT2D eigenvalue weighted by atomic mass is 16.3. The first-order chi connectivity index (χ1) is 8.55. The molecule has 0 atom stereocenters. The van der Waals surface area contributed by atoms with Crippen molar-refractivity contribution < 1.29 is 5.11 Å². The van der Waals surface area contributed by atoms with Gasteiger partial charge in [0.15, 0.2) is 0 Å². The van der Waals surface area contributed by atoms with Crippen molar-refractivity contribution in [2.75, 3.05) is 0 Å². The van der Waals surface area contributed by atoms with Crippen LogP contribution in [0.5, 0.6) is 0 Å².